The number of carbonyl (C=O) groups excluding carboxylic acids is 2. The Labute approximate surface area is 179 Å². The van der Waals surface area contributed by atoms with Gasteiger partial charge >= 0.3 is 0 Å². The molecule has 2 amide bonds. The molecule has 5 rings (SSSR count). The van der Waals surface area contributed by atoms with Gasteiger partial charge in [0.25, 0.3) is 5.91 Å². The third-order valence-electron chi connectivity index (χ3n) is 6.24. The number of hydrogen-bond donors (Lipinski definition) is 1. The molecule has 0 saturated carbocycles. The van der Waals surface area contributed by atoms with E-state index in [-0.39, 0.29) is 11.8 Å². The molecule has 30 heavy (non-hydrogen) atoms. The van der Waals surface area contributed by atoms with E-state index in [0.29, 0.717) is 29.4 Å². The van der Waals surface area contributed by atoms with Crippen LogP contribution in [0.5, 0.6) is 0 Å². The molecule has 0 radical (unpaired) electrons. The van der Waals surface area contributed by atoms with Gasteiger partial charge in [0.2, 0.25) is 5.91 Å². The number of benzene rings is 2. The summed E-state index contributed by atoms with van der Waals surface area (Å²) in [6.07, 6.45) is 4.07. The zero-order valence-corrected chi connectivity index (χ0v) is 17.5. The van der Waals surface area contributed by atoms with Crippen LogP contribution in [0, 0.1) is 6.92 Å². The van der Waals surface area contributed by atoms with Crippen LogP contribution < -0.4 is 5.32 Å². The number of likely N-dealkylation sites (tertiary alicyclic amines) is 1. The number of anilines is 1. The van der Waals surface area contributed by atoms with E-state index in [4.69, 9.17) is 11.6 Å². The number of amides is 2. The molecule has 2 atom stereocenters. The molecule has 1 saturated heterocycles. The van der Waals surface area contributed by atoms with Crippen LogP contribution in [0.1, 0.15) is 39.8 Å². The molecule has 1 spiro atoms. The molecular weight excluding hydrogens is 400 g/mol. The molecule has 2 aliphatic rings. The number of hydrogen-bond acceptors (Lipinski definition) is 3. The third kappa shape index (κ3) is 2.60. The van der Waals surface area contributed by atoms with Crippen LogP contribution >= 0.6 is 11.6 Å². The number of fused-ring (bicyclic) bond motifs is 2. The molecular formula is C23H21ClN4O2. The zero-order valence-electron chi connectivity index (χ0n) is 16.7. The second kappa shape index (κ2) is 6.71. The second-order valence-corrected chi connectivity index (χ2v) is 8.47. The molecule has 152 valence electrons. The first-order valence-corrected chi connectivity index (χ1v) is 10.3. The molecule has 0 unspecified atom stereocenters. The summed E-state index contributed by atoms with van der Waals surface area (Å²) in [5.41, 5.74) is 2.27. The molecule has 7 heteroatoms. The zero-order chi connectivity index (χ0) is 21.0. The van der Waals surface area contributed by atoms with Gasteiger partial charge in [0.15, 0.2) is 0 Å². The molecule has 1 N–H and O–H groups in total. The van der Waals surface area contributed by atoms with Gasteiger partial charge in [0.1, 0.15) is 17.3 Å². The van der Waals surface area contributed by atoms with Crippen LogP contribution in [0.25, 0.3) is 0 Å². The van der Waals surface area contributed by atoms with E-state index in [0.717, 1.165) is 16.8 Å². The molecule has 3 aromatic rings. The van der Waals surface area contributed by atoms with Crippen LogP contribution in [-0.4, -0.2) is 32.8 Å². The highest BCUT2D eigenvalue weighted by atomic mass is 35.5. The van der Waals surface area contributed by atoms with Crippen molar-refractivity contribution >= 4 is 29.1 Å². The van der Waals surface area contributed by atoms with E-state index in [1.807, 2.05) is 61.1 Å². The number of aromatic nitrogens is 2. The highest BCUT2D eigenvalue weighted by Gasteiger charge is 2.60. The number of nitrogens with one attached hydrogen (secondary N) is 1. The highest BCUT2D eigenvalue weighted by Crippen LogP contribution is 2.54. The van der Waals surface area contributed by atoms with Crippen LogP contribution in [0.15, 0.2) is 54.9 Å². The number of aryl methyl sites for hydroxylation is 2. The molecule has 6 nitrogen and oxygen atoms in total. The Morgan fingerprint density at radius 3 is 2.80 bits per heavy atom. The summed E-state index contributed by atoms with van der Waals surface area (Å²) in [4.78, 5) is 33.3. The normalized spacial score (nSPS) is 22.4. The Morgan fingerprint density at radius 2 is 2.07 bits per heavy atom. The number of para-hydroxylation sites is 1. The topological polar surface area (TPSA) is 67.2 Å². The summed E-state index contributed by atoms with van der Waals surface area (Å²) < 4.78 is 1.88. The van der Waals surface area contributed by atoms with E-state index in [1.165, 1.54) is 0 Å². The van der Waals surface area contributed by atoms with Gasteiger partial charge in [-0.05, 0) is 48.7 Å². The Morgan fingerprint density at radius 1 is 1.27 bits per heavy atom. The summed E-state index contributed by atoms with van der Waals surface area (Å²) >= 11 is 6.22. The number of imidazole rings is 1. The van der Waals surface area contributed by atoms with Gasteiger partial charge in [-0.3, -0.25) is 9.59 Å². The first-order valence-electron chi connectivity index (χ1n) is 9.88. The fourth-order valence-corrected chi connectivity index (χ4v) is 5.22. The maximum absolute atomic E-state index is 13.6. The van der Waals surface area contributed by atoms with Crippen molar-refractivity contribution in [2.24, 2.45) is 7.05 Å². The van der Waals surface area contributed by atoms with Gasteiger partial charge in [0, 0.05) is 42.3 Å². The summed E-state index contributed by atoms with van der Waals surface area (Å²) in [5, 5.41) is 3.54. The lowest BCUT2D eigenvalue weighted by Gasteiger charge is -2.33. The minimum absolute atomic E-state index is 0.0886. The van der Waals surface area contributed by atoms with Crippen molar-refractivity contribution in [2.45, 2.75) is 24.8 Å². The number of halogens is 1. The quantitative estimate of drug-likeness (QED) is 0.684. The fraction of sp³-hybridized carbons (Fsp3) is 0.261. The molecule has 2 aromatic carbocycles. The smallest absolute Gasteiger partial charge is 0.254 e. The van der Waals surface area contributed by atoms with Crippen molar-refractivity contribution < 1.29 is 9.59 Å². The maximum atomic E-state index is 13.6. The summed E-state index contributed by atoms with van der Waals surface area (Å²) in [6.45, 7) is 2.36. The largest absolute Gasteiger partial charge is 0.336 e. The summed E-state index contributed by atoms with van der Waals surface area (Å²) in [7, 11) is 1.89. The van der Waals surface area contributed by atoms with Crippen molar-refractivity contribution in [2.75, 3.05) is 11.9 Å². The lowest BCUT2D eigenvalue weighted by atomic mass is 9.74. The van der Waals surface area contributed by atoms with Crippen molar-refractivity contribution in [3.05, 3.63) is 82.4 Å². The van der Waals surface area contributed by atoms with Gasteiger partial charge in [-0.2, -0.15) is 0 Å². The predicted molar refractivity (Wildman–Crippen MR) is 115 cm³/mol. The van der Waals surface area contributed by atoms with E-state index >= 15 is 0 Å². The van der Waals surface area contributed by atoms with Crippen molar-refractivity contribution in [3.63, 3.8) is 0 Å². The van der Waals surface area contributed by atoms with Crippen molar-refractivity contribution in [1.29, 1.82) is 0 Å². The highest BCUT2D eigenvalue weighted by molar-refractivity contribution is 6.31. The van der Waals surface area contributed by atoms with Gasteiger partial charge < -0.3 is 14.8 Å². The molecule has 1 fully saturated rings. The van der Waals surface area contributed by atoms with E-state index in [9.17, 15) is 9.59 Å². The van der Waals surface area contributed by atoms with Crippen LogP contribution in [-0.2, 0) is 17.3 Å². The number of carbonyl (C=O) groups is 2. The number of rotatable bonds is 2. The first kappa shape index (κ1) is 18.9. The van der Waals surface area contributed by atoms with Gasteiger partial charge in [-0.1, -0.05) is 29.8 Å². The van der Waals surface area contributed by atoms with Gasteiger partial charge in [-0.25, -0.2) is 4.98 Å². The van der Waals surface area contributed by atoms with Crippen molar-refractivity contribution in [1.82, 2.24) is 14.5 Å². The van der Waals surface area contributed by atoms with Crippen molar-refractivity contribution in [3.8, 4) is 0 Å². The lowest BCUT2D eigenvalue weighted by molar-refractivity contribution is -0.121. The molecule has 1 aromatic heterocycles. The lowest BCUT2D eigenvalue weighted by Crippen LogP contribution is -2.43. The van der Waals surface area contributed by atoms with E-state index in [1.54, 1.807) is 17.2 Å². The standard InChI is InChI=1S/C23H21ClN4O2/c1-14-11-15(13-16(24)12-14)21(29)28-9-7-23(19(28)20-25-8-10-27(20)2)17-5-3-4-6-18(17)26-22(23)30/h3-6,8,10-13,19H,7,9H2,1-2H3,(H,26,30)/t19-,23+/m0/s1. The van der Waals surface area contributed by atoms with Crippen LogP contribution in [0.3, 0.4) is 0 Å². The van der Waals surface area contributed by atoms with E-state index in [2.05, 4.69) is 10.3 Å². The first-order chi connectivity index (χ1) is 14.4. The Hall–Kier alpha value is -3.12. The Balaban J connectivity index is 1.68. The van der Waals surface area contributed by atoms with Gasteiger partial charge in [0.05, 0.1) is 0 Å². The van der Waals surface area contributed by atoms with Crippen LogP contribution in [0.2, 0.25) is 5.02 Å². The average molecular weight is 421 g/mol. The predicted octanol–water partition coefficient (Wildman–Crippen LogP) is 3.86. The minimum Gasteiger partial charge on any atom is -0.336 e. The second-order valence-electron chi connectivity index (χ2n) is 8.04. The Bertz CT molecular complexity index is 1170. The van der Waals surface area contributed by atoms with Gasteiger partial charge in [-0.15, -0.1) is 0 Å². The fourth-order valence-electron chi connectivity index (χ4n) is 4.93. The number of nitrogens with zero attached hydrogens (tertiary/aromatic N) is 3. The summed E-state index contributed by atoms with van der Waals surface area (Å²) in [6, 6.07) is 12.5. The molecule has 0 aliphatic carbocycles. The summed E-state index contributed by atoms with van der Waals surface area (Å²) in [5.74, 6) is 0.448. The third-order valence-corrected chi connectivity index (χ3v) is 6.46. The van der Waals surface area contributed by atoms with E-state index < -0.39 is 11.5 Å². The SMILES string of the molecule is Cc1cc(Cl)cc(C(=O)N2CC[C@]3(C(=O)Nc4ccccc43)[C@@H]2c2nccn2C)c1. The minimum atomic E-state index is -0.876. The Kier molecular flexibility index (Phi) is 4.22. The molecule has 2 aliphatic heterocycles. The average Bonchev–Trinajstić information content (AvgIpc) is 3.38. The van der Waals surface area contributed by atoms with Crippen LogP contribution in [0.4, 0.5) is 5.69 Å². The molecule has 3 heterocycles. The monoisotopic (exact) mass is 420 g/mol. The maximum Gasteiger partial charge on any atom is 0.254 e. The molecule has 0 bridgehead atoms.